The topological polar surface area (TPSA) is 85.0 Å². The van der Waals surface area contributed by atoms with Crippen LogP contribution in [0.4, 0.5) is 0 Å². The Morgan fingerprint density at radius 3 is 2.52 bits per heavy atom. The maximum Gasteiger partial charge on any atom is 0.289 e. The number of carbonyl (C=O) groups is 2. The van der Waals surface area contributed by atoms with Gasteiger partial charge in [0.05, 0.1) is 18.4 Å². The monoisotopic (exact) mass is 423 g/mol. The van der Waals surface area contributed by atoms with Gasteiger partial charge in [0.15, 0.2) is 5.76 Å². The van der Waals surface area contributed by atoms with Gasteiger partial charge < -0.3 is 23.5 Å². The summed E-state index contributed by atoms with van der Waals surface area (Å²) in [6.07, 6.45) is 2.38. The lowest BCUT2D eigenvalue weighted by Gasteiger charge is -2.34. The van der Waals surface area contributed by atoms with Crippen molar-refractivity contribution in [1.29, 1.82) is 0 Å². The number of benzene rings is 1. The molecule has 0 atom stereocenters. The standard InChI is InChI=1S/C23H25N3O5/c1-24-18-7-3-2-6-17(18)20(16-22(24)28)31-15-5-9-21(27)25-10-12-26(13-11-25)23(29)19-8-4-14-30-19/h2-4,6-8,14,16H,5,9-13,15H2,1H3. The molecule has 8 nitrogen and oxygen atoms in total. The minimum Gasteiger partial charge on any atom is -0.493 e. The van der Waals surface area contributed by atoms with E-state index in [0.717, 1.165) is 10.9 Å². The number of ether oxygens (including phenoxy) is 1. The molecule has 2 amide bonds. The minimum atomic E-state index is -0.147. The largest absolute Gasteiger partial charge is 0.493 e. The van der Waals surface area contributed by atoms with Crippen LogP contribution in [0, 0.1) is 0 Å². The third-order valence-corrected chi connectivity index (χ3v) is 5.56. The fourth-order valence-electron chi connectivity index (χ4n) is 3.78. The van der Waals surface area contributed by atoms with Crippen LogP contribution in [-0.2, 0) is 11.8 Å². The van der Waals surface area contributed by atoms with Gasteiger partial charge in [-0.25, -0.2) is 0 Å². The highest BCUT2D eigenvalue weighted by molar-refractivity contribution is 5.91. The Morgan fingerprint density at radius 1 is 1.03 bits per heavy atom. The number of amides is 2. The number of furan rings is 1. The maximum atomic E-state index is 12.5. The molecule has 0 N–H and O–H groups in total. The van der Waals surface area contributed by atoms with Crippen molar-refractivity contribution in [3.05, 3.63) is 64.8 Å². The zero-order chi connectivity index (χ0) is 21.8. The lowest BCUT2D eigenvalue weighted by molar-refractivity contribution is -0.132. The molecule has 3 heterocycles. The second-order valence-corrected chi connectivity index (χ2v) is 7.53. The summed E-state index contributed by atoms with van der Waals surface area (Å²) in [5.74, 6) is 0.755. The van der Waals surface area contributed by atoms with Crippen molar-refractivity contribution in [2.75, 3.05) is 32.8 Å². The van der Waals surface area contributed by atoms with Crippen molar-refractivity contribution in [1.82, 2.24) is 14.4 Å². The number of hydrogen-bond acceptors (Lipinski definition) is 5. The first-order chi connectivity index (χ1) is 15.0. The first-order valence-electron chi connectivity index (χ1n) is 10.4. The molecule has 1 aliphatic heterocycles. The predicted molar refractivity (Wildman–Crippen MR) is 115 cm³/mol. The quantitative estimate of drug-likeness (QED) is 0.568. The first-order valence-corrected chi connectivity index (χ1v) is 10.4. The van der Waals surface area contributed by atoms with Crippen LogP contribution in [0.2, 0.25) is 0 Å². The highest BCUT2D eigenvalue weighted by Gasteiger charge is 2.25. The van der Waals surface area contributed by atoms with Gasteiger partial charge in [-0.2, -0.15) is 0 Å². The molecule has 1 aliphatic rings. The molecule has 0 saturated carbocycles. The van der Waals surface area contributed by atoms with Gasteiger partial charge in [-0.3, -0.25) is 14.4 Å². The number of rotatable bonds is 6. The summed E-state index contributed by atoms with van der Waals surface area (Å²) in [4.78, 5) is 40.4. The highest BCUT2D eigenvalue weighted by Crippen LogP contribution is 2.23. The summed E-state index contributed by atoms with van der Waals surface area (Å²) in [5.41, 5.74) is 0.676. The molecule has 1 saturated heterocycles. The lowest BCUT2D eigenvalue weighted by atomic mass is 10.2. The van der Waals surface area contributed by atoms with Crippen LogP contribution in [0.15, 0.2) is 57.9 Å². The minimum absolute atomic E-state index is 0.0440. The third kappa shape index (κ3) is 4.47. The smallest absolute Gasteiger partial charge is 0.289 e. The third-order valence-electron chi connectivity index (χ3n) is 5.56. The van der Waals surface area contributed by atoms with E-state index in [9.17, 15) is 14.4 Å². The number of hydrogen-bond donors (Lipinski definition) is 0. The normalized spacial score (nSPS) is 14.1. The van der Waals surface area contributed by atoms with Crippen molar-refractivity contribution < 1.29 is 18.7 Å². The molecule has 0 radical (unpaired) electrons. The molecule has 0 unspecified atom stereocenters. The molecule has 31 heavy (non-hydrogen) atoms. The highest BCUT2D eigenvalue weighted by atomic mass is 16.5. The van der Waals surface area contributed by atoms with E-state index >= 15 is 0 Å². The van der Waals surface area contributed by atoms with E-state index in [1.165, 1.54) is 12.3 Å². The molecule has 0 bridgehead atoms. The van der Waals surface area contributed by atoms with Crippen molar-refractivity contribution in [2.45, 2.75) is 12.8 Å². The van der Waals surface area contributed by atoms with Crippen LogP contribution in [0.5, 0.6) is 5.75 Å². The first kappa shape index (κ1) is 20.7. The number of para-hydroxylation sites is 1. The number of nitrogens with zero attached hydrogens (tertiary/aromatic N) is 3. The van der Waals surface area contributed by atoms with Crippen molar-refractivity contribution in [3.63, 3.8) is 0 Å². The zero-order valence-electron chi connectivity index (χ0n) is 17.5. The Morgan fingerprint density at radius 2 is 1.77 bits per heavy atom. The molecule has 8 heteroatoms. The van der Waals surface area contributed by atoms with Crippen molar-refractivity contribution in [3.8, 4) is 5.75 Å². The Balaban J connectivity index is 1.25. The summed E-state index contributed by atoms with van der Waals surface area (Å²) in [6.45, 7) is 2.33. The average Bonchev–Trinajstić information content (AvgIpc) is 3.34. The van der Waals surface area contributed by atoms with E-state index in [1.54, 1.807) is 33.5 Å². The fourth-order valence-corrected chi connectivity index (χ4v) is 3.78. The summed E-state index contributed by atoms with van der Waals surface area (Å²) < 4.78 is 12.6. The molecule has 4 rings (SSSR count). The molecule has 2 aromatic heterocycles. The molecule has 0 spiro atoms. The summed E-state index contributed by atoms with van der Waals surface area (Å²) in [6, 6.07) is 12.4. The lowest BCUT2D eigenvalue weighted by Crippen LogP contribution is -2.50. The van der Waals surface area contributed by atoms with Gasteiger partial charge >= 0.3 is 0 Å². The SMILES string of the molecule is Cn1c(=O)cc(OCCCC(=O)N2CCN(C(=O)c3ccco3)CC2)c2ccccc21. The Kier molecular flexibility index (Phi) is 6.06. The summed E-state index contributed by atoms with van der Waals surface area (Å²) >= 11 is 0. The fraction of sp³-hybridized carbons (Fsp3) is 0.348. The molecule has 3 aromatic rings. The van der Waals surface area contributed by atoms with Gasteiger partial charge in [0.25, 0.3) is 11.5 Å². The van der Waals surface area contributed by atoms with E-state index in [0.29, 0.717) is 57.1 Å². The summed E-state index contributed by atoms with van der Waals surface area (Å²) in [5, 5.41) is 0.869. The Bertz CT molecular complexity index is 1130. The van der Waals surface area contributed by atoms with Gasteiger partial charge in [0, 0.05) is 51.1 Å². The van der Waals surface area contributed by atoms with Crippen LogP contribution in [0.1, 0.15) is 23.4 Å². The van der Waals surface area contributed by atoms with Crippen LogP contribution < -0.4 is 10.3 Å². The number of fused-ring (bicyclic) bond motifs is 1. The second kappa shape index (κ2) is 9.07. The van der Waals surface area contributed by atoms with Gasteiger partial charge in [-0.1, -0.05) is 12.1 Å². The molecule has 162 valence electrons. The number of pyridine rings is 1. The number of aryl methyl sites for hydroxylation is 1. The van der Waals surface area contributed by atoms with Crippen LogP contribution in [-0.4, -0.2) is 59.0 Å². The van der Waals surface area contributed by atoms with Crippen molar-refractivity contribution in [2.24, 2.45) is 7.05 Å². The molecule has 1 fully saturated rings. The van der Waals surface area contributed by atoms with Crippen molar-refractivity contribution >= 4 is 22.7 Å². The van der Waals surface area contributed by atoms with E-state index in [4.69, 9.17) is 9.15 Å². The van der Waals surface area contributed by atoms with Gasteiger partial charge in [-0.15, -0.1) is 0 Å². The van der Waals surface area contributed by atoms with E-state index in [-0.39, 0.29) is 17.4 Å². The van der Waals surface area contributed by atoms with Gasteiger partial charge in [0.2, 0.25) is 5.91 Å². The molecular weight excluding hydrogens is 398 g/mol. The van der Waals surface area contributed by atoms with E-state index in [1.807, 2.05) is 24.3 Å². The predicted octanol–water partition coefficient (Wildman–Crippen LogP) is 2.28. The number of piperazine rings is 1. The second-order valence-electron chi connectivity index (χ2n) is 7.53. The summed E-state index contributed by atoms with van der Waals surface area (Å²) in [7, 11) is 1.73. The number of carbonyl (C=O) groups excluding carboxylic acids is 2. The number of aromatic nitrogens is 1. The zero-order valence-corrected chi connectivity index (χ0v) is 17.5. The average molecular weight is 423 g/mol. The molecule has 1 aromatic carbocycles. The molecule has 0 aliphatic carbocycles. The van der Waals surface area contributed by atoms with E-state index < -0.39 is 0 Å². The Labute approximate surface area is 179 Å². The van der Waals surface area contributed by atoms with Gasteiger partial charge in [-0.05, 0) is 30.7 Å². The van der Waals surface area contributed by atoms with Gasteiger partial charge in [0.1, 0.15) is 5.75 Å². The van der Waals surface area contributed by atoms with Crippen LogP contribution in [0.3, 0.4) is 0 Å². The van der Waals surface area contributed by atoms with Crippen LogP contribution in [0.25, 0.3) is 10.9 Å². The van der Waals surface area contributed by atoms with E-state index in [2.05, 4.69) is 0 Å². The molecular formula is C23H25N3O5. The van der Waals surface area contributed by atoms with Crippen LogP contribution >= 0.6 is 0 Å². The Hall–Kier alpha value is -3.55. The maximum absolute atomic E-state index is 12.5.